The molecule has 0 atom stereocenters. The van der Waals surface area contributed by atoms with Gasteiger partial charge in [-0.25, -0.2) is 0 Å². The van der Waals surface area contributed by atoms with Crippen LogP contribution in [0.15, 0.2) is 138 Å². The summed E-state index contributed by atoms with van der Waals surface area (Å²) in [6, 6.07) is 49.2. The van der Waals surface area contributed by atoms with Crippen molar-refractivity contribution in [2.45, 2.75) is 45.4 Å². The summed E-state index contributed by atoms with van der Waals surface area (Å²) in [4.78, 5) is 2.34. The largest absolute Gasteiger partial charge is 0.454 e. The maximum atomic E-state index is 6.68. The van der Waals surface area contributed by atoms with Crippen LogP contribution in [0.25, 0.3) is 55.0 Å². The van der Waals surface area contributed by atoms with E-state index in [2.05, 4.69) is 173 Å². The van der Waals surface area contributed by atoms with Gasteiger partial charge in [0.05, 0.1) is 5.69 Å². The number of furan rings is 1. The third-order valence-electron chi connectivity index (χ3n) is 11.5. The third-order valence-corrected chi connectivity index (χ3v) is 11.5. The normalized spacial score (nSPS) is 15.0. The highest BCUT2D eigenvalue weighted by atomic mass is 16.3. The topological polar surface area (TPSA) is 16.4 Å². The summed E-state index contributed by atoms with van der Waals surface area (Å²) in [5.74, 6) is 0. The molecule has 0 N–H and O–H groups in total. The molecule has 0 aliphatic heterocycles. The van der Waals surface area contributed by atoms with E-state index in [1.807, 2.05) is 0 Å². The summed E-state index contributed by atoms with van der Waals surface area (Å²) < 4.78 is 6.68. The first kappa shape index (κ1) is 28.4. The maximum absolute atomic E-state index is 6.68. The Morgan fingerprint density at radius 3 is 1.98 bits per heavy atom. The van der Waals surface area contributed by atoms with Crippen LogP contribution >= 0.6 is 0 Å². The van der Waals surface area contributed by atoms with Gasteiger partial charge in [0.25, 0.3) is 0 Å². The van der Waals surface area contributed by atoms with Crippen molar-refractivity contribution >= 4 is 49.8 Å². The zero-order valence-electron chi connectivity index (χ0n) is 28.6. The van der Waals surface area contributed by atoms with Crippen molar-refractivity contribution in [1.29, 1.82) is 0 Å². The molecule has 2 aliphatic carbocycles. The van der Waals surface area contributed by atoms with E-state index in [0.717, 1.165) is 44.6 Å². The first-order valence-electron chi connectivity index (χ1n) is 17.4. The highest BCUT2D eigenvalue weighted by molar-refractivity contribution is 6.11. The Morgan fingerprint density at radius 2 is 1.16 bits per heavy atom. The number of para-hydroxylation sites is 3. The molecule has 0 saturated carbocycles. The minimum absolute atomic E-state index is 0.0259. The van der Waals surface area contributed by atoms with E-state index in [4.69, 9.17) is 4.42 Å². The number of fused-ring (bicyclic) bond motifs is 11. The quantitative estimate of drug-likeness (QED) is 0.193. The van der Waals surface area contributed by atoms with Crippen LogP contribution in [0.4, 0.5) is 17.1 Å². The van der Waals surface area contributed by atoms with Crippen molar-refractivity contribution in [3.63, 3.8) is 0 Å². The molecule has 1 aromatic heterocycles. The third kappa shape index (κ3) is 3.77. The van der Waals surface area contributed by atoms with Crippen molar-refractivity contribution < 1.29 is 4.42 Å². The second-order valence-electron chi connectivity index (χ2n) is 15.0. The molecule has 0 amide bonds. The Morgan fingerprint density at radius 1 is 0.469 bits per heavy atom. The fourth-order valence-corrected chi connectivity index (χ4v) is 9.10. The Kier molecular flexibility index (Phi) is 5.65. The zero-order chi connectivity index (χ0) is 33.2. The van der Waals surface area contributed by atoms with Crippen molar-refractivity contribution in [3.8, 4) is 22.3 Å². The average Bonchev–Trinajstić information content (AvgIpc) is 3.69. The Hall–Kier alpha value is -5.60. The second kappa shape index (κ2) is 9.74. The minimum atomic E-state index is -0.140. The van der Waals surface area contributed by atoms with Gasteiger partial charge in [0, 0.05) is 33.0 Å². The fourth-order valence-electron chi connectivity index (χ4n) is 9.10. The SMILES string of the molecule is Cc1cccc2c1oc1c(N(c3ccccc3)c3ccc4c5c(ccc4c3)-c3cc4c(cc3C5(C)C)-c3ccccc3C4(C)C)cccc12. The molecule has 0 spiro atoms. The van der Waals surface area contributed by atoms with Crippen LogP contribution < -0.4 is 4.90 Å². The van der Waals surface area contributed by atoms with Crippen LogP contribution in [0.1, 0.15) is 55.5 Å². The van der Waals surface area contributed by atoms with Gasteiger partial charge >= 0.3 is 0 Å². The number of hydrogen-bond acceptors (Lipinski definition) is 2. The van der Waals surface area contributed by atoms with Crippen molar-refractivity contribution in [2.75, 3.05) is 4.90 Å². The molecular weight excluding hydrogens is 595 g/mol. The van der Waals surface area contributed by atoms with E-state index in [9.17, 15) is 0 Å². The summed E-state index contributed by atoms with van der Waals surface area (Å²) in [5, 5.41) is 4.84. The molecule has 0 fully saturated rings. The molecule has 10 rings (SSSR count). The molecule has 2 nitrogen and oxygen atoms in total. The van der Waals surface area contributed by atoms with Gasteiger partial charge in [-0.3, -0.25) is 0 Å². The highest BCUT2D eigenvalue weighted by Crippen LogP contribution is 2.57. The smallest absolute Gasteiger partial charge is 0.159 e. The lowest BCUT2D eigenvalue weighted by Crippen LogP contribution is -2.17. The summed E-state index contributed by atoms with van der Waals surface area (Å²) in [6.45, 7) is 11.7. The van der Waals surface area contributed by atoms with Crippen LogP contribution in [0.5, 0.6) is 0 Å². The molecule has 7 aromatic carbocycles. The monoisotopic (exact) mass is 631 g/mol. The molecule has 0 unspecified atom stereocenters. The summed E-state index contributed by atoms with van der Waals surface area (Å²) in [5.41, 5.74) is 17.3. The number of hydrogen-bond donors (Lipinski definition) is 0. The number of rotatable bonds is 3. The summed E-state index contributed by atoms with van der Waals surface area (Å²) >= 11 is 0. The number of anilines is 3. The average molecular weight is 632 g/mol. The highest BCUT2D eigenvalue weighted by Gasteiger charge is 2.42. The standard InChI is InChI=1S/C47H37NO/c1-28-13-11-17-35-36-18-12-20-42(45(36)49-44(28)35)48(30-14-7-6-8-15-30)31-22-24-32-29(25-31)21-23-34-38-27-40-37(26-41(38)47(4,5)43(32)34)33-16-9-10-19-39(33)46(40,2)3/h6-27H,1-5H3. The van der Waals surface area contributed by atoms with E-state index in [-0.39, 0.29) is 10.8 Å². The predicted molar refractivity (Wildman–Crippen MR) is 206 cm³/mol. The molecule has 8 aromatic rings. The van der Waals surface area contributed by atoms with Crippen molar-refractivity contribution in [3.05, 3.63) is 161 Å². The van der Waals surface area contributed by atoms with E-state index in [1.165, 1.54) is 55.3 Å². The van der Waals surface area contributed by atoms with Crippen LogP contribution in [-0.2, 0) is 10.8 Å². The van der Waals surface area contributed by atoms with Crippen LogP contribution in [-0.4, -0.2) is 0 Å². The van der Waals surface area contributed by atoms with Gasteiger partial charge < -0.3 is 9.32 Å². The summed E-state index contributed by atoms with van der Waals surface area (Å²) in [7, 11) is 0. The van der Waals surface area contributed by atoms with E-state index >= 15 is 0 Å². The first-order valence-corrected chi connectivity index (χ1v) is 17.4. The fraction of sp³-hybridized carbons (Fsp3) is 0.149. The lowest BCUT2D eigenvalue weighted by atomic mass is 9.78. The minimum Gasteiger partial charge on any atom is -0.454 e. The Bertz CT molecular complexity index is 2670. The van der Waals surface area contributed by atoms with Crippen molar-refractivity contribution in [1.82, 2.24) is 0 Å². The molecule has 0 radical (unpaired) electrons. The lowest BCUT2D eigenvalue weighted by molar-refractivity contribution is 0.654. The molecule has 49 heavy (non-hydrogen) atoms. The molecule has 236 valence electrons. The number of nitrogens with zero attached hydrogens (tertiary/aromatic N) is 1. The van der Waals surface area contributed by atoms with E-state index in [0.29, 0.717) is 0 Å². The molecule has 2 aliphatic rings. The summed E-state index contributed by atoms with van der Waals surface area (Å²) in [6.07, 6.45) is 0. The van der Waals surface area contributed by atoms with Crippen LogP contribution in [0.3, 0.4) is 0 Å². The predicted octanol–water partition coefficient (Wildman–Crippen LogP) is 13.1. The van der Waals surface area contributed by atoms with Gasteiger partial charge in [-0.2, -0.15) is 0 Å². The van der Waals surface area contributed by atoms with Crippen LogP contribution in [0.2, 0.25) is 0 Å². The Balaban J connectivity index is 1.16. The molecule has 1 heterocycles. The molecule has 0 bridgehead atoms. The van der Waals surface area contributed by atoms with Gasteiger partial charge in [0.15, 0.2) is 5.58 Å². The van der Waals surface area contributed by atoms with Crippen molar-refractivity contribution in [2.24, 2.45) is 0 Å². The van der Waals surface area contributed by atoms with Gasteiger partial charge in [0.1, 0.15) is 5.58 Å². The number of benzene rings is 7. The van der Waals surface area contributed by atoms with Gasteiger partial charge in [-0.15, -0.1) is 0 Å². The maximum Gasteiger partial charge on any atom is 0.159 e. The van der Waals surface area contributed by atoms with Crippen LogP contribution in [0, 0.1) is 6.92 Å². The van der Waals surface area contributed by atoms with Gasteiger partial charge in [-0.1, -0.05) is 119 Å². The van der Waals surface area contributed by atoms with E-state index < -0.39 is 0 Å². The lowest BCUT2D eigenvalue weighted by Gasteiger charge is -2.27. The van der Waals surface area contributed by atoms with Gasteiger partial charge in [-0.05, 0) is 110 Å². The first-order chi connectivity index (χ1) is 23.7. The number of aryl methyl sites for hydroxylation is 1. The Labute approximate surface area is 287 Å². The van der Waals surface area contributed by atoms with Gasteiger partial charge in [0.2, 0.25) is 0 Å². The molecular formula is C47H37NO. The molecule has 0 saturated heterocycles. The molecule has 2 heteroatoms. The second-order valence-corrected chi connectivity index (χ2v) is 15.0. The zero-order valence-corrected chi connectivity index (χ0v) is 28.6. The van der Waals surface area contributed by atoms with E-state index in [1.54, 1.807) is 0 Å².